The van der Waals surface area contributed by atoms with Crippen LogP contribution in [0.25, 0.3) is 0 Å². The zero-order valence-corrected chi connectivity index (χ0v) is 15.1. The van der Waals surface area contributed by atoms with Crippen LogP contribution in [0.15, 0.2) is 42.5 Å². The lowest BCUT2D eigenvalue weighted by Gasteiger charge is -2.21. The predicted molar refractivity (Wildman–Crippen MR) is 98.6 cm³/mol. The highest BCUT2D eigenvalue weighted by Crippen LogP contribution is 2.23. The molecule has 0 aliphatic rings. The van der Waals surface area contributed by atoms with E-state index in [9.17, 15) is 14.0 Å². The van der Waals surface area contributed by atoms with Crippen LogP contribution < -0.4 is 10.2 Å². The van der Waals surface area contributed by atoms with Crippen molar-refractivity contribution < 1.29 is 14.0 Å². The molecule has 0 atom stereocenters. The zero-order valence-electron chi connectivity index (χ0n) is 14.3. The number of benzene rings is 2. The van der Waals surface area contributed by atoms with Crippen LogP contribution in [0.1, 0.15) is 32.3 Å². The topological polar surface area (TPSA) is 49.4 Å². The molecule has 0 bridgehead atoms. The number of halogens is 2. The summed E-state index contributed by atoms with van der Waals surface area (Å²) in [6.07, 6.45) is 0. The van der Waals surface area contributed by atoms with Crippen molar-refractivity contribution >= 4 is 34.8 Å². The molecule has 2 rings (SSSR count). The summed E-state index contributed by atoms with van der Waals surface area (Å²) in [5, 5.41) is 2.65. The first-order valence-electron chi connectivity index (χ1n) is 7.91. The van der Waals surface area contributed by atoms with Crippen molar-refractivity contribution in [3.63, 3.8) is 0 Å². The van der Waals surface area contributed by atoms with Crippen LogP contribution in [0.2, 0.25) is 5.02 Å². The summed E-state index contributed by atoms with van der Waals surface area (Å²) >= 11 is 5.76. The molecule has 132 valence electrons. The molecule has 4 nitrogen and oxygen atoms in total. The van der Waals surface area contributed by atoms with Crippen LogP contribution >= 0.6 is 11.6 Å². The third kappa shape index (κ3) is 5.03. The van der Waals surface area contributed by atoms with Crippen LogP contribution in [-0.4, -0.2) is 18.4 Å². The lowest BCUT2D eigenvalue weighted by molar-refractivity contribution is -0.120. The van der Waals surface area contributed by atoms with Gasteiger partial charge in [0.1, 0.15) is 12.4 Å². The van der Waals surface area contributed by atoms with E-state index in [2.05, 4.69) is 19.2 Å². The first-order valence-corrected chi connectivity index (χ1v) is 8.28. The van der Waals surface area contributed by atoms with E-state index in [0.717, 1.165) is 6.07 Å². The van der Waals surface area contributed by atoms with Gasteiger partial charge in [0.05, 0.1) is 5.02 Å². The van der Waals surface area contributed by atoms with Crippen molar-refractivity contribution in [2.75, 3.05) is 16.8 Å². The lowest BCUT2D eigenvalue weighted by atomic mass is 10.0. The van der Waals surface area contributed by atoms with Crippen molar-refractivity contribution in [3.8, 4) is 0 Å². The van der Waals surface area contributed by atoms with Gasteiger partial charge in [-0.2, -0.15) is 0 Å². The number of nitrogens with zero attached hydrogens (tertiary/aromatic N) is 1. The Morgan fingerprint density at radius 3 is 2.32 bits per heavy atom. The fourth-order valence-electron chi connectivity index (χ4n) is 2.33. The monoisotopic (exact) mass is 362 g/mol. The maximum Gasteiger partial charge on any atom is 0.244 e. The van der Waals surface area contributed by atoms with Gasteiger partial charge in [0.2, 0.25) is 11.8 Å². The predicted octanol–water partition coefficient (Wildman–Crippen LogP) is 4.59. The third-order valence-electron chi connectivity index (χ3n) is 3.76. The molecule has 6 heteroatoms. The highest BCUT2D eigenvalue weighted by Gasteiger charge is 2.17. The SMILES string of the molecule is CC(=O)N(CC(=O)Nc1ccc(C(C)C)cc1)c1ccc(F)c(Cl)c1. The number of hydrogen-bond donors (Lipinski definition) is 1. The molecule has 0 saturated heterocycles. The van der Waals surface area contributed by atoms with Crippen LogP contribution in [0.5, 0.6) is 0 Å². The Morgan fingerprint density at radius 1 is 1.16 bits per heavy atom. The van der Waals surface area contributed by atoms with E-state index in [0.29, 0.717) is 17.3 Å². The van der Waals surface area contributed by atoms with E-state index in [1.165, 1.54) is 29.5 Å². The fraction of sp³-hybridized carbons (Fsp3) is 0.263. The molecule has 0 unspecified atom stereocenters. The summed E-state index contributed by atoms with van der Waals surface area (Å²) in [5.41, 5.74) is 2.18. The Bertz CT molecular complexity index is 775. The van der Waals surface area contributed by atoms with Gasteiger partial charge in [-0.3, -0.25) is 9.59 Å². The number of amides is 2. The van der Waals surface area contributed by atoms with E-state index in [-0.39, 0.29) is 23.4 Å². The molecule has 0 heterocycles. The zero-order chi connectivity index (χ0) is 18.6. The molecule has 0 aliphatic carbocycles. The summed E-state index contributed by atoms with van der Waals surface area (Å²) in [4.78, 5) is 25.4. The van der Waals surface area contributed by atoms with Crippen molar-refractivity contribution in [1.82, 2.24) is 0 Å². The van der Waals surface area contributed by atoms with Crippen LogP contribution in [0.3, 0.4) is 0 Å². The Balaban J connectivity index is 2.09. The highest BCUT2D eigenvalue weighted by molar-refractivity contribution is 6.31. The summed E-state index contributed by atoms with van der Waals surface area (Å²) < 4.78 is 13.3. The number of carbonyl (C=O) groups excluding carboxylic acids is 2. The first kappa shape index (κ1) is 18.9. The molecule has 0 aliphatic heterocycles. The van der Waals surface area contributed by atoms with Crippen LogP contribution in [-0.2, 0) is 9.59 Å². The minimum atomic E-state index is -0.580. The smallest absolute Gasteiger partial charge is 0.244 e. The van der Waals surface area contributed by atoms with Gasteiger partial charge in [0.25, 0.3) is 0 Å². The minimum Gasteiger partial charge on any atom is -0.325 e. The molecule has 0 fully saturated rings. The second-order valence-corrected chi connectivity index (χ2v) is 6.44. The Labute approximate surface area is 151 Å². The third-order valence-corrected chi connectivity index (χ3v) is 4.05. The molecular formula is C19H20ClFN2O2. The maximum absolute atomic E-state index is 13.3. The molecule has 25 heavy (non-hydrogen) atoms. The summed E-state index contributed by atoms with van der Waals surface area (Å²) in [6.45, 7) is 5.32. The van der Waals surface area contributed by atoms with E-state index in [1.54, 1.807) is 0 Å². The maximum atomic E-state index is 13.3. The average molecular weight is 363 g/mol. The first-order chi connectivity index (χ1) is 11.8. The van der Waals surface area contributed by atoms with Crippen LogP contribution in [0, 0.1) is 5.82 Å². The van der Waals surface area contributed by atoms with E-state index < -0.39 is 5.82 Å². The van der Waals surface area contributed by atoms with Gasteiger partial charge in [-0.05, 0) is 41.8 Å². The second kappa shape index (κ2) is 8.12. The quantitative estimate of drug-likeness (QED) is 0.845. The number of hydrogen-bond acceptors (Lipinski definition) is 2. The Kier molecular flexibility index (Phi) is 6.15. The van der Waals surface area contributed by atoms with Crippen molar-refractivity contribution in [3.05, 3.63) is 58.9 Å². The van der Waals surface area contributed by atoms with Crippen molar-refractivity contribution in [1.29, 1.82) is 0 Å². The van der Waals surface area contributed by atoms with Gasteiger partial charge < -0.3 is 10.2 Å². The largest absolute Gasteiger partial charge is 0.325 e. The number of anilines is 2. The van der Waals surface area contributed by atoms with Gasteiger partial charge in [-0.1, -0.05) is 37.6 Å². The number of carbonyl (C=O) groups is 2. The summed E-state index contributed by atoms with van der Waals surface area (Å²) in [6, 6.07) is 11.4. The fourth-order valence-corrected chi connectivity index (χ4v) is 2.51. The standard InChI is InChI=1S/C19H20ClFN2O2/c1-12(2)14-4-6-15(7-5-14)22-19(25)11-23(13(3)24)16-8-9-18(21)17(20)10-16/h4-10,12H,11H2,1-3H3,(H,22,25). The van der Waals surface area contributed by atoms with E-state index >= 15 is 0 Å². The molecule has 2 amide bonds. The molecule has 0 radical (unpaired) electrons. The van der Waals surface area contributed by atoms with Gasteiger partial charge >= 0.3 is 0 Å². The van der Waals surface area contributed by atoms with Crippen molar-refractivity contribution in [2.24, 2.45) is 0 Å². The normalized spacial score (nSPS) is 10.6. The molecule has 2 aromatic rings. The Hall–Kier alpha value is -2.40. The molecule has 2 aromatic carbocycles. The molecule has 1 N–H and O–H groups in total. The average Bonchev–Trinajstić information content (AvgIpc) is 2.55. The van der Waals surface area contributed by atoms with Gasteiger partial charge in [0.15, 0.2) is 0 Å². The summed E-state index contributed by atoms with van der Waals surface area (Å²) in [7, 11) is 0. The summed E-state index contributed by atoms with van der Waals surface area (Å²) in [5.74, 6) is -0.870. The van der Waals surface area contributed by atoms with Gasteiger partial charge in [0, 0.05) is 18.3 Å². The number of nitrogens with one attached hydrogen (secondary N) is 1. The van der Waals surface area contributed by atoms with Gasteiger partial charge in [-0.25, -0.2) is 4.39 Å². The minimum absolute atomic E-state index is 0.103. The molecule has 0 aromatic heterocycles. The molecular weight excluding hydrogens is 343 g/mol. The van der Waals surface area contributed by atoms with E-state index in [1.807, 2.05) is 24.3 Å². The van der Waals surface area contributed by atoms with E-state index in [4.69, 9.17) is 11.6 Å². The lowest BCUT2D eigenvalue weighted by Crippen LogP contribution is -2.36. The van der Waals surface area contributed by atoms with Gasteiger partial charge in [-0.15, -0.1) is 0 Å². The number of rotatable bonds is 5. The highest BCUT2D eigenvalue weighted by atomic mass is 35.5. The van der Waals surface area contributed by atoms with Crippen molar-refractivity contribution in [2.45, 2.75) is 26.7 Å². The Morgan fingerprint density at radius 2 is 1.80 bits per heavy atom. The molecule has 0 saturated carbocycles. The molecule has 0 spiro atoms. The second-order valence-electron chi connectivity index (χ2n) is 6.03. The van der Waals surface area contributed by atoms with Crippen LogP contribution in [0.4, 0.5) is 15.8 Å².